The van der Waals surface area contributed by atoms with E-state index in [0.717, 1.165) is 19.3 Å². The van der Waals surface area contributed by atoms with E-state index < -0.39 is 255 Å². The van der Waals surface area contributed by atoms with Gasteiger partial charge in [0.05, 0.1) is 39.6 Å². The molecule has 21 saturated heterocycles. The molecule has 0 aliphatic carbocycles. The zero-order valence-electron chi connectivity index (χ0n) is 46.0. The summed E-state index contributed by atoms with van der Waals surface area (Å²) in [5.41, 5.74) is 5.62. The topological polar surface area (TPSA) is 572 Å². The fourth-order valence-corrected chi connectivity index (χ4v) is 11.4. The van der Waals surface area contributed by atoms with Gasteiger partial charge in [-0.15, -0.1) is 24.8 Å². The lowest BCUT2D eigenvalue weighted by atomic mass is 9.95. The van der Waals surface area contributed by atoms with Crippen LogP contribution in [0, 0.1) is 0 Å². The van der Waals surface area contributed by atoms with Gasteiger partial charge in [0.2, 0.25) is 0 Å². The summed E-state index contributed by atoms with van der Waals surface area (Å²) in [7, 11) is 0. The Kier molecular flexibility index (Phi) is 28.7. The smallest absolute Gasteiger partial charge is 0.187 e. The Morgan fingerprint density at radius 3 is 0.628 bits per heavy atom. The summed E-state index contributed by atoms with van der Waals surface area (Å²) in [5.74, 6) is 0. The average molecular weight is 1310 g/mol. The summed E-state index contributed by atoms with van der Waals surface area (Å²) in [5, 5.41) is 226. The van der Waals surface area contributed by atoms with Gasteiger partial charge in [0.1, 0.15) is 171 Å². The second-order valence-corrected chi connectivity index (χ2v) is 21.9. The molecule has 0 radical (unpaired) electrons. The van der Waals surface area contributed by atoms with Crippen LogP contribution in [-0.2, 0) is 66.3 Å². The molecule has 38 heteroatoms. The van der Waals surface area contributed by atoms with Gasteiger partial charge in [-0.25, -0.2) is 0 Å². The molecule has 35 atom stereocenters. The lowest BCUT2D eigenvalue weighted by Crippen LogP contribution is -2.68. The number of nitrogens with two attached hydrogens (primary N) is 1. The molecule has 0 aromatic rings. The molecular weight excluding hydrogens is 1220 g/mol. The zero-order chi connectivity index (χ0) is 61.0. The standard InChI is InChI=1S/C48H84N2O34.2ClH/c49-5-3-1-2-4-6-50-7-14-35-21(57)28(64)42(71-14)79-36-15(8-51)73-44(30(66)23(36)59)81-38-17(10-53)75-46(32(68)25(38)61)83-40-19(12-55)77-48(34(70)27(40)63)84-41-20(13-56)76-47(33(69)26(41)62)82-39-18(11-54)74-45(31(67)24(39)60)80-37-16(9-52)72-43(78-35)29(65)22(37)58;;/h14-48,50-70H,1-13,49H2;2*1H/t14-,15-,16-,17-,18-,19-,20-,21-,22-,23-,24-,25-,26-,27-,28-,29-,30-,31-,32-,33-,34-,35-,36-,37-,38-,39-,40-,41-,42-,43-,44-,45-,46-,47-,48-;;/m1../s1. The van der Waals surface area contributed by atoms with Crippen LogP contribution in [0.3, 0.4) is 0 Å². The third kappa shape index (κ3) is 15.8. The third-order valence-corrected chi connectivity index (χ3v) is 16.3. The van der Waals surface area contributed by atoms with Crippen molar-refractivity contribution in [1.29, 1.82) is 0 Å². The van der Waals surface area contributed by atoms with Crippen LogP contribution in [0.25, 0.3) is 0 Å². The Labute approximate surface area is 503 Å². The fraction of sp³-hybridized carbons (Fsp3) is 1.00. The van der Waals surface area contributed by atoms with Gasteiger partial charge in [-0.1, -0.05) is 12.8 Å². The predicted molar refractivity (Wildman–Crippen MR) is 276 cm³/mol. The first-order valence-corrected chi connectivity index (χ1v) is 27.9. The van der Waals surface area contributed by atoms with E-state index in [4.69, 9.17) is 72.0 Å². The van der Waals surface area contributed by atoms with Crippen molar-refractivity contribution in [2.45, 2.75) is 241 Å². The second kappa shape index (κ2) is 33.3. The molecule has 86 heavy (non-hydrogen) atoms. The SMILES string of the molecule is Cl.Cl.NCCCCCCNC[C@H]1O[C@@H]2O[C@H]3[C@H](O)[C@@H](O)[C@@H](O[C@H]4[C@H](O)[C@@H](O)[C@@H](O[C@H]5[C@H](O)[C@@H](O)[C@@H](O[C@H]6[C@H](O)[C@@H](O)[C@@H](O[C@H]7[C@H](O)[C@@H](O)[C@@H](O[C@H]8[C@H](O)[C@@H](O)[C@@H](O[C@H]1[C@H](O)[C@H]2O)O[C@@H]8CO)O[C@@H]7CO)O[C@@H]6CO)O[C@@H]5CO)O[C@@H]4CO)O[C@@H]3CO. The first kappa shape index (κ1) is 74.2. The van der Waals surface area contributed by atoms with Crippen molar-refractivity contribution in [3.05, 3.63) is 0 Å². The van der Waals surface area contributed by atoms with E-state index in [1.165, 1.54) is 0 Å². The molecule has 21 aliphatic heterocycles. The number of unbranched alkanes of at least 4 members (excludes halogenated alkanes) is 3. The maximum Gasteiger partial charge on any atom is 0.187 e. The molecule has 21 aliphatic rings. The van der Waals surface area contributed by atoms with Gasteiger partial charge in [0, 0.05) is 6.54 Å². The second-order valence-electron chi connectivity index (χ2n) is 21.9. The van der Waals surface area contributed by atoms with Crippen molar-refractivity contribution < 1.29 is 168 Å². The predicted octanol–water partition coefficient (Wildman–Crippen LogP) is -13.3. The molecule has 0 unspecified atom stereocenters. The van der Waals surface area contributed by atoms with E-state index in [0.29, 0.717) is 19.5 Å². The molecule has 0 spiro atoms. The van der Waals surface area contributed by atoms with E-state index in [-0.39, 0.29) is 31.4 Å². The van der Waals surface area contributed by atoms with Crippen molar-refractivity contribution in [3.8, 4) is 0 Å². The van der Waals surface area contributed by atoms with E-state index in [9.17, 15) is 102 Å². The van der Waals surface area contributed by atoms with Crippen LogP contribution in [0.1, 0.15) is 25.7 Å². The van der Waals surface area contributed by atoms with Crippen LogP contribution < -0.4 is 11.1 Å². The monoisotopic (exact) mass is 1300 g/mol. The number of ether oxygens (including phenoxy) is 14. The molecule has 23 N–H and O–H groups in total. The number of aliphatic hydroxyl groups excluding tert-OH is 20. The highest BCUT2D eigenvalue weighted by molar-refractivity contribution is 5.85. The molecule has 0 saturated carbocycles. The first-order valence-electron chi connectivity index (χ1n) is 27.9. The first-order chi connectivity index (χ1) is 40.2. The molecule has 0 amide bonds. The quantitative estimate of drug-likeness (QED) is 0.0718. The molecule has 506 valence electrons. The summed E-state index contributed by atoms with van der Waals surface area (Å²) < 4.78 is 81.3. The molecule has 0 aromatic heterocycles. The zero-order valence-corrected chi connectivity index (χ0v) is 47.6. The Balaban J connectivity index is 0.00000591. The van der Waals surface area contributed by atoms with Gasteiger partial charge in [-0.2, -0.15) is 0 Å². The summed E-state index contributed by atoms with van der Waals surface area (Å²) in [4.78, 5) is 0. The number of nitrogens with one attached hydrogen (secondary N) is 1. The van der Waals surface area contributed by atoms with Crippen LogP contribution >= 0.6 is 24.8 Å². The molecule has 0 aromatic carbocycles. The van der Waals surface area contributed by atoms with E-state index in [1.807, 2.05) is 0 Å². The summed E-state index contributed by atoms with van der Waals surface area (Å²) >= 11 is 0. The molecule has 21 heterocycles. The van der Waals surface area contributed by atoms with E-state index >= 15 is 0 Å². The van der Waals surface area contributed by atoms with Crippen molar-refractivity contribution in [2.24, 2.45) is 5.73 Å². The summed E-state index contributed by atoms with van der Waals surface area (Å²) in [6.07, 6.45) is -66.0. The van der Waals surface area contributed by atoms with Gasteiger partial charge < -0.3 is 179 Å². The highest BCUT2D eigenvalue weighted by atomic mass is 35.5. The highest BCUT2D eigenvalue weighted by Crippen LogP contribution is 2.39. The fourth-order valence-electron chi connectivity index (χ4n) is 11.4. The van der Waals surface area contributed by atoms with Gasteiger partial charge in [-0.3, -0.25) is 0 Å². The maximum absolute atomic E-state index is 11.8. The molecule has 36 nitrogen and oxygen atoms in total. The minimum Gasteiger partial charge on any atom is -0.394 e. The minimum atomic E-state index is -2.20. The lowest BCUT2D eigenvalue weighted by Gasteiger charge is -2.50. The average Bonchev–Trinajstić information content (AvgIpc) is 1.12. The van der Waals surface area contributed by atoms with Crippen LogP contribution in [0.2, 0.25) is 0 Å². The van der Waals surface area contributed by atoms with Crippen LogP contribution in [0.15, 0.2) is 0 Å². The van der Waals surface area contributed by atoms with E-state index in [2.05, 4.69) is 5.32 Å². The number of aliphatic hydroxyl groups is 20. The normalized spacial score (nSPS) is 50.5. The molecule has 21 rings (SSSR count). The summed E-state index contributed by atoms with van der Waals surface area (Å²) in [6, 6.07) is 0. The number of hydrogen-bond donors (Lipinski definition) is 22. The molecule has 21 fully saturated rings. The van der Waals surface area contributed by atoms with Crippen molar-refractivity contribution in [2.75, 3.05) is 59.3 Å². The maximum atomic E-state index is 11.8. The Morgan fingerprint density at radius 2 is 0.430 bits per heavy atom. The van der Waals surface area contributed by atoms with Crippen LogP contribution in [0.4, 0.5) is 0 Å². The van der Waals surface area contributed by atoms with E-state index in [1.54, 1.807) is 0 Å². The van der Waals surface area contributed by atoms with Gasteiger partial charge in [-0.05, 0) is 25.9 Å². The van der Waals surface area contributed by atoms with Crippen molar-refractivity contribution in [3.63, 3.8) is 0 Å². The van der Waals surface area contributed by atoms with Crippen LogP contribution in [0.5, 0.6) is 0 Å². The number of rotatable bonds is 14. The van der Waals surface area contributed by atoms with Gasteiger partial charge >= 0.3 is 0 Å². The largest absolute Gasteiger partial charge is 0.394 e. The third-order valence-electron chi connectivity index (χ3n) is 16.3. The van der Waals surface area contributed by atoms with Gasteiger partial charge in [0.25, 0.3) is 0 Å². The Morgan fingerprint density at radius 1 is 0.244 bits per heavy atom. The Bertz CT molecular complexity index is 1970. The number of halogens is 2. The summed E-state index contributed by atoms with van der Waals surface area (Å²) in [6.45, 7) is -5.54. The van der Waals surface area contributed by atoms with Crippen molar-refractivity contribution in [1.82, 2.24) is 5.32 Å². The lowest BCUT2D eigenvalue weighted by molar-refractivity contribution is -0.396. The Hall–Kier alpha value is -0.860. The number of hydrogen-bond acceptors (Lipinski definition) is 36. The molecule has 14 bridgehead atoms. The minimum absolute atomic E-state index is 0. The van der Waals surface area contributed by atoms with Crippen molar-refractivity contribution >= 4 is 24.8 Å². The molecular formula is C48H86Cl2N2O34. The van der Waals surface area contributed by atoms with Gasteiger partial charge in [0.15, 0.2) is 44.0 Å². The van der Waals surface area contributed by atoms with Crippen LogP contribution in [-0.4, -0.2) is 376 Å². The highest BCUT2D eigenvalue weighted by Gasteiger charge is 2.59.